The third-order valence-corrected chi connectivity index (χ3v) is 2.64. The summed E-state index contributed by atoms with van der Waals surface area (Å²) in [5, 5.41) is 0. The summed E-state index contributed by atoms with van der Waals surface area (Å²) in [7, 11) is 0. The SMILES string of the molecule is Cc1nc(C)c2c(n1)OC(C)(C)CC2. The van der Waals surface area contributed by atoms with Gasteiger partial charge in [0, 0.05) is 11.3 Å². The van der Waals surface area contributed by atoms with Gasteiger partial charge in [-0.1, -0.05) is 0 Å². The van der Waals surface area contributed by atoms with Crippen LogP contribution in [0.2, 0.25) is 0 Å². The Hall–Kier alpha value is -1.12. The lowest BCUT2D eigenvalue weighted by Crippen LogP contribution is -2.33. The van der Waals surface area contributed by atoms with Crippen LogP contribution in [0.3, 0.4) is 0 Å². The van der Waals surface area contributed by atoms with Crippen LogP contribution in [-0.4, -0.2) is 15.6 Å². The fourth-order valence-electron chi connectivity index (χ4n) is 1.82. The number of rotatable bonds is 0. The summed E-state index contributed by atoms with van der Waals surface area (Å²) in [4.78, 5) is 8.68. The number of ether oxygens (including phenoxy) is 1. The zero-order chi connectivity index (χ0) is 10.3. The highest BCUT2D eigenvalue weighted by Gasteiger charge is 2.28. The van der Waals surface area contributed by atoms with Crippen molar-refractivity contribution in [3.05, 3.63) is 17.1 Å². The molecule has 3 heteroatoms. The molecule has 0 N–H and O–H groups in total. The maximum atomic E-state index is 5.83. The van der Waals surface area contributed by atoms with Gasteiger partial charge in [-0.15, -0.1) is 0 Å². The van der Waals surface area contributed by atoms with E-state index in [1.54, 1.807) is 0 Å². The first-order chi connectivity index (χ1) is 6.48. The van der Waals surface area contributed by atoms with Gasteiger partial charge in [-0.2, -0.15) is 4.98 Å². The standard InChI is InChI=1S/C11H16N2O/c1-7-9-5-6-11(3,4)14-10(9)13-8(2)12-7/h5-6H2,1-4H3. The summed E-state index contributed by atoms with van der Waals surface area (Å²) in [6.45, 7) is 8.12. The molecule has 0 spiro atoms. The van der Waals surface area contributed by atoms with Crippen LogP contribution in [0.4, 0.5) is 0 Å². The van der Waals surface area contributed by atoms with Gasteiger partial charge in [0.2, 0.25) is 5.88 Å². The molecular weight excluding hydrogens is 176 g/mol. The Balaban J connectivity index is 2.47. The molecule has 0 aromatic carbocycles. The highest BCUT2D eigenvalue weighted by atomic mass is 16.5. The van der Waals surface area contributed by atoms with E-state index in [9.17, 15) is 0 Å². The highest BCUT2D eigenvalue weighted by Crippen LogP contribution is 2.32. The van der Waals surface area contributed by atoms with E-state index in [0.717, 1.165) is 30.2 Å². The molecule has 0 atom stereocenters. The van der Waals surface area contributed by atoms with Crippen LogP contribution in [0.1, 0.15) is 37.4 Å². The first kappa shape index (κ1) is 9.44. The van der Waals surface area contributed by atoms with Crippen LogP contribution in [0, 0.1) is 13.8 Å². The second-order valence-corrected chi connectivity index (χ2v) is 4.50. The molecule has 1 aromatic heterocycles. The molecule has 0 radical (unpaired) electrons. The monoisotopic (exact) mass is 192 g/mol. The van der Waals surface area contributed by atoms with Crippen molar-refractivity contribution >= 4 is 0 Å². The predicted molar refractivity (Wildman–Crippen MR) is 54.5 cm³/mol. The second kappa shape index (κ2) is 2.94. The molecule has 2 heterocycles. The molecule has 0 saturated heterocycles. The van der Waals surface area contributed by atoms with Crippen LogP contribution >= 0.6 is 0 Å². The number of fused-ring (bicyclic) bond motifs is 1. The normalized spacial score (nSPS) is 18.6. The third kappa shape index (κ3) is 1.59. The minimum atomic E-state index is -0.0831. The average Bonchev–Trinajstić information content (AvgIpc) is 2.00. The molecule has 76 valence electrons. The molecule has 1 aromatic rings. The molecule has 3 nitrogen and oxygen atoms in total. The van der Waals surface area contributed by atoms with Crippen molar-refractivity contribution < 1.29 is 4.74 Å². The van der Waals surface area contributed by atoms with Crippen molar-refractivity contribution in [2.75, 3.05) is 0 Å². The fourth-order valence-corrected chi connectivity index (χ4v) is 1.82. The maximum Gasteiger partial charge on any atom is 0.220 e. The zero-order valence-electron chi connectivity index (χ0n) is 9.22. The zero-order valence-corrected chi connectivity index (χ0v) is 9.22. The van der Waals surface area contributed by atoms with Gasteiger partial charge in [0.15, 0.2) is 0 Å². The Labute approximate surface area is 84.5 Å². The average molecular weight is 192 g/mol. The number of hydrogen-bond acceptors (Lipinski definition) is 3. The van der Waals surface area contributed by atoms with Gasteiger partial charge in [0.05, 0.1) is 0 Å². The molecule has 1 aliphatic rings. The van der Waals surface area contributed by atoms with Gasteiger partial charge in [0.1, 0.15) is 11.4 Å². The Morgan fingerprint density at radius 1 is 1.21 bits per heavy atom. The summed E-state index contributed by atoms with van der Waals surface area (Å²) >= 11 is 0. The van der Waals surface area contributed by atoms with Crippen molar-refractivity contribution in [1.82, 2.24) is 9.97 Å². The minimum Gasteiger partial charge on any atom is -0.471 e. The molecule has 0 fully saturated rings. The molecule has 14 heavy (non-hydrogen) atoms. The molecule has 2 rings (SSSR count). The van der Waals surface area contributed by atoms with Crippen LogP contribution < -0.4 is 4.74 Å². The van der Waals surface area contributed by atoms with Crippen LogP contribution in [0.25, 0.3) is 0 Å². The van der Waals surface area contributed by atoms with Gasteiger partial charge in [0.25, 0.3) is 0 Å². The lowest BCUT2D eigenvalue weighted by atomic mass is 9.95. The molecule has 0 aliphatic carbocycles. The van der Waals surface area contributed by atoms with Gasteiger partial charge in [-0.3, -0.25) is 0 Å². The Kier molecular flexibility index (Phi) is 1.98. The number of nitrogens with zero attached hydrogens (tertiary/aromatic N) is 2. The third-order valence-electron chi connectivity index (χ3n) is 2.64. The molecule has 0 saturated carbocycles. The summed E-state index contributed by atoms with van der Waals surface area (Å²) < 4.78 is 5.83. The molecule has 1 aliphatic heterocycles. The van der Waals surface area contributed by atoms with E-state index < -0.39 is 0 Å². The van der Waals surface area contributed by atoms with Gasteiger partial charge in [-0.25, -0.2) is 4.98 Å². The first-order valence-electron chi connectivity index (χ1n) is 5.01. The van der Waals surface area contributed by atoms with Gasteiger partial charge >= 0.3 is 0 Å². The highest BCUT2D eigenvalue weighted by molar-refractivity contribution is 5.33. The Morgan fingerprint density at radius 2 is 1.93 bits per heavy atom. The molecular formula is C11H16N2O. The minimum absolute atomic E-state index is 0.0831. The van der Waals surface area contributed by atoms with Crippen molar-refractivity contribution in [1.29, 1.82) is 0 Å². The molecule has 0 bridgehead atoms. The Morgan fingerprint density at radius 3 is 2.64 bits per heavy atom. The van der Waals surface area contributed by atoms with E-state index in [1.165, 1.54) is 5.56 Å². The van der Waals surface area contributed by atoms with Crippen LogP contribution in [0.15, 0.2) is 0 Å². The van der Waals surface area contributed by atoms with Crippen LogP contribution in [-0.2, 0) is 6.42 Å². The van der Waals surface area contributed by atoms with Crippen molar-refractivity contribution in [3.8, 4) is 5.88 Å². The topological polar surface area (TPSA) is 35.0 Å². The summed E-state index contributed by atoms with van der Waals surface area (Å²) in [6, 6.07) is 0. The second-order valence-electron chi connectivity index (χ2n) is 4.50. The number of aromatic nitrogens is 2. The van der Waals surface area contributed by atoms with E-state index in [2.05, 4.69) is 23.8 Å². The van der Waals surface area contributed by atoms with E-state index in [-0.39, 0.29) is 5.60 Å². The summed E-state index contributed by atoms with van der Waals surface area (Å²) in [6.07, 6.45) is 2.06. The maximum absolute atomic E-state index is 5.83. The number of aryl methyl sites for hydroxylation is 2. The predicted octanol–water partition coefficient (Wildman–Crippen LogP) is 2.20. The molecule has 0 unspecified atom stereocenters. The van der Waals surface area contributed by atoms with E-state index in [4.69, 9.17) is 4.74 Å². The van der Waals surface area contributed by atoms with Gasteiger partial charge < -0.3 is 4.74 Å². The van der Waals surface area contributed by atoms with Crippen molar-refractivity contribution in [2.45, 2.75) is 46.1 Å². The van der Waals surface area contributed by atoms with Gasteiger partial charge in [-0.05, 0) is 40.5 Å². The molecule has 0 amide bonds. The lowest BCUT2D eigenvalue weighted by Gasteiger charge is -2.32. The quantitative estimate of drug-likeness (QED) is 0.632. The van der Waals surface area contributed by atoms with E-state index in [1.807, 2.05) is 13.8 Å². The van der Waals surface area contributed by atoms with Crippen molar-refractivity contribution in [2.24, 2.45) is 0 Å². The first-order valence-corrected chi connectivity index (χ1v) is 5.01. The summed E-state index contributed by atoms with van der Waals surface area (Å²) in [5.74, 6) is 1.57. The van der Waals surface area contributed by atoms with Crippen molar-refractivity contribution in [3.63, 3.8) is 0 Å². The van der Waals surface area contributed by atoms with E-state index >= 15 is 0 Å². The number of hydrogen-bond donors (Lipinski definition) is 0. The van der Waals surface area contributed by atoms with Crippen LogP contribution in [0.5, 0.6) is 5.88 Å². The lowest BCUT2D eigenvalue weighted by molar-refractivity contribution is 0.0774. The van der Waals surface area contributed by atoms with E-state index in [0.29, 0.717) is 0 Å². The fraction of sp³-hybridized carbons (Fsp3) is 0.636. The summed E-state index contributed by atoms with van der Waals surface area (Å²) in [5.41, 5.74) is 2.15. The Bertz CT molecular complexity index is 372. The largest absolute Gasteiger partial charge is 0.471 e. The smallest absolute Gasteiger partial charge is 0.220 e.